The highest BCUT2D eigenvalue weighted by atomic mass is 16.5. The fraction of sp³-hybridized carbons (Fsp3) is 0.455. The van der Waals surface area contributed by atoms with Gasteiger partial charge in [-0.05, 0) is 30.5 Å². The molecule has 0 aliphatic carbocycles. The Labute approximate surface area is 79.2 Å². The number of aliphatic hydroxyl groups is 1. The Morgan fingerprint density at radius 3 is 2.62 bits per heavy atom. The molecular weight excluding hydrogens is 164 g/mol. The third-order valence-electron chi connectivity index (χ3n) is 2.19. The van der Waals surface area contributed by atoms with Crippen LogP contribution in [0.25, 0.3) is 0 Å². The molecule has 0 spiro atoms. The van der Waals surface area contributed by atoms with Crippen LogP contribution in [0.15, 0.2) is 18.2 Å². The van der Waals surface area contributed by atoms with Crippen molar-refractivity contribution in [2.24, 2.45) is 0 Å². The van der Waals surface area contributed by atoms with Crippen molar-refractivity contribution in [3.8, 4) is 5.75 Å². The molecule has 0 aromatic heterocycles. The van der Waals surface area contributed by atoms with Gasteiger partial charge in [0.25, 0.3) is 0 Å². The second kappa shape index (κ2) is 4.28. The zero-order chi connectivity index (χ0) is 9.84. The second-order valence-corrected chi connectivity index (χ2v) is 3.06. The number of benzene rings is 1. The zero-order valence-electron chi connectivity index (χ0n) is 8.37. The van der Waals surface area contributed by atoms with Gasteiger partial charge in [0.1, 0.15) is 5.75 Å². The van der Waals surface area contributed by atoms with Gasteiger partial charge in [0.2, 0.25) is 0 Å². The molecule has 0 fully saturated rings. The number of hydrogen-bond donors (Lipinski definition) is 1. The van der Waals surface area contributed by atoms with E-state index in [-0.39, 0.29) is 0 Å². The lowest BCUT2D eigenvalue weighted by atomic mass is 10.0. The van der Waals surface area contributed by atoms with Gasteiger partial charge in [-0.25, -0.2) is 0 Å². The highest BCUT2D eigenvalue weighted by Gasteiger charge is 2.10. The summed E-state index contributed by atoms with van der Waals surface area (Å²) >= 11 is 0. The van der Waals surface area contributed by atoms with Crippen molar-refractivity contribution in [1.29, 1.82) is 0 Å². The fourth-order valence-corrected chi connectivity index (χ4v) is 1.54. The number of aliphatic hydroxyl groups excluding tert-OH is 1. The van der Waals surface area contributed by atoms with E-state index < -0.39 is 6.10 Å². The highest BCUT2D eigenvalue weighted by molar-refractivity contribution is 5.41. The molecule has 0 bridgehead atoms. The topological polar surface area (TPSA) is 29.5 Å². The summed E-state index contributed by atoms with van der Waals surface area (Å²) in [5, 5.41) is 9.50. The monoisotopic (exact) mass is 180 g/mol. The van der Waals surface area contributed by atoms with E-state index in [4.69, 9.17) is 4.74 Å². The Hall–Kier alpha value is -1.02. The van der Waals surface area contributed by atoms with Crippen molar-refractivity contribution in [2.75, 3.05) is 7.11 Å². The zero-order valence-corrected chi connectivity index (χ0v) is 8.37. The number of methoxy groups -OCH3 is 1. The minimum absolute atomic E-state index is 0.426. The molecule has 1 atom stereocenters. The summed E-state index contributed by atoms with van der Waals surface area (Å²) in [5.41, 5.74) is 2.06. The number of ether oxygens (including phenoxy) is 1. The number of hydrogen-bond acceptors (Lipinski definition) is 2. The Morgan fingerprint density at radius 2 is 2.15 bits per heavy atom. The summed E-state index contributed by atoms with van der Waals surface area (Å²) in [6.45, 7) is 3.83. The van der Waals surface area contributed by atoms with Crippen LogP contribution < -0.4 is 4.74 Å². The van der Waals surface area contributed by atoms with Gasteiger partial charge in [-0.3, -0.25) is 0 Å². The average molecular weight is 180 g/mol. The van der Waals surface area contributed by atoms with Crippen LogP contribution in [-0.2, 0) is 6.42 Å². The van der Waals surface area contributed by atoms with Crippen LogP contribution in [-0.4, -0.2) is 12.2 Å². The Kier molecular flexibility index (Phi) is 3.32. The van der Waals surface area contributed by atoms with Crippen LogP contribution in [0.2, 0.25) is 0 Å². The predicted molar refractivity (Wildman–Crippen MR) is 53.0 cm³/mol. The smallest absolute Gasteiger partial charge is 0.122 e. The molecule has 1 aromatic rings. The molecule has 0 aliphatic rings. The van der Waals surface area contributed by atoms with Gasteiger partial charge in [-0.2, -0.15) is 0 Å². The highest BCUT2D eigenvalue weighted by Crippen LogP contribution is 2.26. The summed E-state index contributed by atoms with van der Waals surface area (Å²) in [6, 6.07) is 5.76. The maximum absolute atomic E-state index is 9.50. The van der Waals surface area contributed by atoms with Crippen LogP contribution in [0.4, 0.5) is 0 Å². The molecule has 0 saturated heterocycles. The van der Waals surface area contributed by atoms with Crippen LogP contribution >= 0.6 is 0 Å². The summed E-state index contributed by atoms with van der Waals surface area (Å²) in [4.78, 5) is 0. The van der Waals surface area contributed by atoms with Crippen LogP contribution in [0, 0.1) is 0 Å². The molecule has 1 N–H and O–H groups in total. The number of rotatable bonds is 3. The third-order valence-corrected chi connectivity index (χ3v) is 2.19. The van der Waals surface area contributed by atoms with Crippen molar-refractivity contribution in [1.82, 2.24) is 0 Å². The molecule has 2 heteroatoms. The first kappa shape index (κ1) is 10.1. The van der Waals surface area contributed by atoms with Crippen molar-refractivity contribution in [3.05, 3.63) is 29.3 Å². The SMILES string of the molecule is CCc1c(OC)cccc1C(C)O. The molecule has 0 radical (unpaired) electrons. The molecule has 0 aliphatic heterocycles. The molecule has 1 unspecified atom stereocenters. The van der Waals surface area contributed by atoms with Crippen molar-refractivity contribution in [2.45, 2.75) is 26.4 Å². The first-order valence-corrected chi connectivity index (χ1v) is 4.54. The lowest BCUT2D eigenvalue weighted by Gasteiger charge is -2.13. The molecule has 13 heavy (non-hydrogen) atoms. The maximum atomic E-state index is 9.50. The minimum Gasteiger partial charge on any atom is -0.496 e. The summed E-state index contributed by atoms with van der Waals surface area (Å²) in [6.07, 6.45) is 0.453. The maximum Gasteiger partial charge on any atom is 0.122 e. The largest absolute Gasteiger partial charge is 0.496 e. The van der Waals surface area contributed by atoms with Crippen LogP contribution in [0.3, 0.4) is 0 Å². The van der Waals surface area contributed by atoms with Gasteiger partial charge in [-0.1, -0.05) is 19.1 Å². The first-order valence-electron chi connectivity index (χ1n) is 4.54. The molecule has 1 aromatic carbocycles. The minimum atomic E-state index is -0.426. The first-order chi connectivity index (χ1) is 6.20. The van der Waals surface area contributed by atoms with Gasteiger partial charge in [0.05, 0.1) is 13.2 Å². The summed E-state index contributed by atoms with van der Waals surface area (Å²) in [7, 11) is 1.65. The lowest BCUT2D eigenvalue weighted by Crippen LogP contribution is -2.00. The molecular formula is C11H16O2. The van der Waals surface area contributed by atoms with Crippen molar-refractivity contribution in [3.63, 3.8) is 0 Å². The second-order valence-electron chi connectivity index (χ2n) is 3.06. The van der Waals surface area contributed by atoms with Crippen molar-refractivity contribution < 1.29 is 9.84 Å². The van der Waals surface area contributed by atoms with Gasteiger partial charge >= 0.3 is 0 Å². The Bertz CT molecular complexity index is 279. The van der Waals surface area contributed by atoms with E-state index in [2.05, 4.69) is 6.92 Å². The molecule has 72 valence electrons. The van der Waals surface area contributed by atoms with Gasteiger partial charge in [0.15, 0.2) is 0 Å². The predicted octanol–water partition coefficient (Wildman–Crippen LogP) is 2.31. The van der Waals surface area contributed by atoms with E-state index in [0.29, 0.717) is 0 Å². The molecule has 0 saturated carbocycles. The summed E-state index contributed by atoms with van der Waals surface area (Å²) in [5.74, 6) is 0.862. The standard InChI is InChI=1S/C11H16O2/c1-4-9-10(8(2)12)6-5-7-11(9)13-3/h5-8,12H,4H2,1-3H3. The van der Waals surface area contributed by atoms with E-state index in [1.54, 1.807) is 14.0 Å². The molecule has 0 heterocycles. The normalized spacial score (nSPS) is 12.6. The van der Waals surface area contributed by atoms with Gasteiger partial charge < -0.3 is 9.84 Å². The summed E-state index contributed by atoms with van der Waals surface area (Å²) < 4.78 is 5.22. The average Bonchev–Trinajstić information content (AvgIpc) is 2.16. The lowest BCUT2D eigenvalue weighted by molar-refractivity contribution is 0.197. The molecule has 1 rings (SSSR count). The molecule has 2 nitrogen and oxygen atoms in total. The van der Waals surface area contributed by atoms with E-state index >= 15 is 0 Å². The van der Waals surface area contributed by atoms with E-state index in [9.17, 15) is 5.11 Å². The Balaban J connectivity index is 3.19. The van der Waals surface area contributed by atoms with E-state index in [1.807, 2.05) is 18.2 Å². The third kappa shape index (κ3) is 2.01. The van der Waals surface area contributed by atoms with Gasteiger partial charge in [-0.15, -0.1) is 0 Å². The van der Waals surface area contributed by atoms with E-state index in [1.165, 1.54) is 0 Å². The fourth-order valence-electron chi connectivity index (χ4n) is 1.54. The molecule has 0 amide bonds. The quantitative estimate of drug-likeness (QED) is 0.773. The van der Waals surface area contributed by atoms with Crippen LogP contribution in [0.1, 0.15) is 31.1 Å². The van der Waals surface area contributed by atoms with Gasteiger partial charge in [0, 0.05) is 0 Å². The van der Waals surface area contributed by atoms with Crippen molar-refractivity contribution >= 4 is 0 Å². The van der Waals surface area contributed by atoms with Crippen LogP contribution in [0.5, 0.6) is 5.75 Å². The Morgan fingerprint density at radius 1 is 1.46 bits per heavy atom. The van der Waals surface area contributed by atoms with E-state index in [0.717, 1.165) is 23.3 Å².